The highest BCUT2D eigenvalue weighted by atomic mass is 16.5. The fraction of sp³-hybridized carbons (Fsp3) is 0.560. The number of Topliss-reactive ketones (excluding diaryl/α,β-unsaturated/α-hetero) is 1. The standard InChI is InChI=1S/C25H30O7/c1-24(2)8-7-14-18(32-24)11-16(27)20-21(28)15-10-19(25(3,4)29)30-17-9-12(26)5-6-13(17)22(15)31-23(14)20/h5-9,14,16,18-20,23,26-27,29H,10-11H2,1-4H3. The quantitative estimate of drug-likeness (QED) is 0.574. The van der Waals surface area contributed by atoms with Gasteiger partial charge in [-0.05, 0) is 39.8 Å². The van der Waals surface area contributed by atoms with E-state index in [4.69, 9.17) is 14.2 Å². The van der Waals surface area contributed by atoms with E-state index < -0.39 is 35.4 Å². The largest absolute Gasteiger partial charge is 0.508 e. The van der Waals surface area contributed by atoms with Crippen molar-refractivity contribution in [3.05, 3.63) is 41.5 Å². The summed E-state index contributed by atoms with van der Waals surface area (Å²) in [5.41, 5.74) is -0.739. The maximum atomic E-state index is 13.8. The molecular formula is C25H30O7. The van der Waals surface area contributed by atoms with Gasteiger partial charge < -0.3 is 29.5 Å². The number of carbonyl (C=O) groups is 1. The van der Waals surface area contributed by atoms with Crippen LogP contribution in [-0.4, -0.2) is 56.7 Å². The van der Waals surface area contributed by atoms with Gasteiger partial charge >= 0.3 is 0 Å². The van der Waals surface area contributed by atoms with Gasteiger partial charge in [-0.3, -0.25) is 4.79 Å². The molecular weight excluding hydrogens is 412 g/mol. The number of aromatic hydroxyl groups is 1. The minimum Gasteiger partial charge on any atom is -0.508 e. The van der Waals surface area contributed by atoms with Crippen molar-refractivity contribution in [1.82, 2.24) is 0 Å². The predicted octanol–water partition coefficient (Wildman–Crippen LogP) is 2.72. The van der Waals surface area contributed by atoms with Gasteiger partial charge in [-0.25, -0.2) is 0 Å². The van der Waals surface area contributed by atoms with Crippen molar-refractivity contribution in [2.45, 2.75) is 76.2 Å². The molecule has 172 valence electrons. The third-order valence-electron chi connectivity index (χ3n) is 7.01. The summed E-state index contributed by atoms with van der Waals surface area (Å²) in [6.07, 6.45) is 2.05. The average Bonchev–Trinajstić information content (AvgIpc) is 2.83. The van der Waals surface area contributed by atoms with Gasteiger partial charge in [0.1, 0.15) is 29.5 Å². The van der Waals surface area contributed by atoms with Crippen LogP contribution >= 0.6 is 0 Å². The molecule has 6 unspecified atom stereocenters. The van der Waals surface area contributed by atoms with Crippen molar-refractivity contribution in [3.8, 4) is 11.5 Å². The van der Waals surface area contributed by atoms with Gasteiger partial charge in [0.15, 0.2) is 5.78 Å². The molecule has 3 N–H and O–H groups in total. The number of aliphatic hydroxyl groups is 2. The van der Waals surface area contributed by atoms with Gasteiger partial charge in [-0.15, -0.1) is 0 Å². The van der Waals surface area contributed by atoms with Crippen LogP contribution in [0.1, 0.15) is 46.1 Å². The summed E-state index contributed by atoms with van der Waals surface area (Å²) in [6, 6.07) is 4.64. The molecule has 0 bridgehead atoms. The first-order valence-electron chi connectivity index (χ1n) is 11.2. The molecule has 1 aromatic rings. The molecule has 3 heterocycles. The number of hydrogen-bond acceptors (Lipinski definition) is 7. The Morgan fingerprint density at radius 3 is 2.66 bits per heavy atom. The zero-order chi connectivity index (χ0) is 23.0. The van der Waals surface area contributed by atoms with Crippen molar-refractivity contribution in [2.24, 2.45) is 11.8 Å². The normalized spacial score (nSPS) is 35.5. The average molecular weight is 443 g/mol. The number of aliphatic hydroxyl groups excluding tert-OH is 1. The monoisotopic (exact) mass is 442 g/mol. The number of fused-ring (bicyclic) bond motifs is 5. The Morgan fingerprint density at radius 2 is 1.94 bits per heavy atom. The molecule has 1 aliphatic carbocycles. The van der Waals surface area contributed by atoms with Crippen molar-refractivity contribution >= 4 is 11.5 Å². The molecule has 3 aliphatic heterocycles. The van der Waals surface area contributed by atoms with Crippen molar-refractivity contribution in [2.75, 3.05) is 0 Å². The number of phenols is 1. The van der Waals surface area contributed by atoms with Crippen LogP contribution in [0.4, 0.5) is 0 Å². The number of ether oxygens (including phenoxy) is 3. The Kier molecular flexibility index (Phi) is 4.75. The molecule has 6 atom stereocenters. The lowest BCUT2D eigenvalue weighted by Gasteiger charge is -2.49. The van der Waals surface area contributed by atoms with Crippen LogP contribution in [-0.2, 0) is 14.3 Å². The zero-order valence-corrected chi connectivity index (χ0v) is 18.7. The molecule has 0 spiro atoms. The maximum absolute atomic E-state index is 13.8. The van der Waals surface area contributed by atoms with Gasteiger partial charge in [0.25, 0.3) is 0 Å². The van der Waals surface area contributed by atoms with E-state index in [0.29, 0.717) is 29.1 Å². The van der Waals surface area contributed by atoms with E-state index in [1.165, 1.54) is 12.1 Å². The lowest BCUT2D eigenvalue weighted by molar-refractivity contribution is -0.168. The summed E-state index contributed by atoms with van der Waals surface area (Å²) in [4.78, 5) is 13.8. The highest BCUT2D eigenvalue weighted by Gasteiger charge is 2.55. The first-order chi connectivity index (χ1) is 14.9. The first kappa shape index (κ1) is 21.5. The van der Waals surface area contributed by atoms with Gasteiger partial charge in [-0.2, -0.15) is 0 Å². The number of hydrogen-bond donors (Lipinski definition) is 3. The SMILES string of the molecule is CC1(C)C=CC2C(CC(O)C3C(=O)C4=C(OC23)c2ccc(O)cc2OC(C(C)(C)O)C4)O1. The van der Waals surface area contributed by atoms with E-state index in [1.54, 1.807) is 19.9 Å². The lowest BCUT2D eigenvalue weighted by Crippen LogP contribution is -2.57. The molecule has 5 rings (SSSR count). The van der Waals surface area contributed by atoms with E-state index >= 15 is 0 Å². The van der Waals surface area contributed by atoms with Gasteiger partial charge in [-0.1, -0.05) is 12.2 Å². The Balaban J connectivity index is 1.63. The molecule has 1 saturated carbocycles. The Hall–Kier alpha value is -2.35. The van der Waals surface area contributed by atoms with E-state index in [9.17, 15) is 20.1 Å². The molecule has 4 aliphatic rings. The minimum atomic E-state index is -1.25. The third kappa shape index (κ3) is 3.43. The number of carbonyl (C=O) groups excluding carboxylic acids is 1. The van der Waals surface area contributed by atoms with Crippen molar-refractivity contribution in [1.29, 1.82) is 0 Å². The molecule has 0 radical (unpaired) electrons. The summed E-state index contributed by atoms with van der Waals surface area (Å²) in [6.45, 7) is 7.17. The number of ketones is 1. The van der Waals surface area contributed by atoms with Crippen LogP contribution in [0, 0.1) is 11.8 Å². The first-order valence-corrected chi connectivity index (χ1v) is 11.2. The van der Waals surface area contributed by atoms with Gasteiger partial charge in [0.05, 0.1) is 34.9 Å². The molecule has 7 nitrogen and oxygen atoms in total. The van der Waals surface area contributed by atoms with E-state index in [0.717, 1.165) is 0 Å². The van der Waals surface area contributed by atoms with Crippen molar-refractivity contribution < 1.29 is 34.3 Å². The van der Waals surface area contributed by atoms with Crippen LogP contribution in [0.5, 0.6) is 11.5 Å². The number of rotatable bonds is 1. The fourth-order valence-electron chi connectivity index (χ4n) is 5.33. The topological polar surface area (TPSA) is 105 Å². The van der Waals surface area contributed by atoms with E-state index in [2.05, 4.69) is 0 Å². The van der Waals surface area contributed by atoms with Gasteiger partial charge in [0.2, 0.25) is 0 Å². The smallest absolute Gasteiger partial charge is 0.172 e. The lowest BCUT2D eigenvalue weighted by atomic mass is 9.68. The second-order valence-electron chi connectivity index (χ2n) is 10.4. The second kappa shape index (κ2) is 7.07. The predicted molar refractivity (Wildman–Crippen MR) is 116 cm³/mol. The second-order valence-corrected chi connectivity index (χ2v) is 10.4. The molecule has 7 heteroatoms. The Labute approximate surface area is 187 Å². The zero-order valence-electron chi connectivity index (χ0n) is 18.7. The highest BCUT2D eigenvalue weighted by molar-refractivity contribution is 6.05. The number of benzene rings is 1. The summed E-state index contributed by atoms with van der Waals surface area (Å²) < 4.78 is 18.8. The summed E-state index contributed by atoms with van der Waals surface area (Å²) in [5, 5.41) is 31.7. The molecule has 1 fully saturated rings. The fourth-order valence-corrected chi connectivity index (χ4v) is 5.33. The minimum absolute atomic E-state index is 0.0151. The van der Waals surface area contributed by atoms with E-state index in [-0.39, 0.29) is 30.0 Å². The van der Waals surface area contributed by atoms with Crippen LogP contribution in [0.2, 0.25) is 0 Å². The van der Waals surface area contributed by atoms with Gasteiger partial charge in [0, 0.05) is 30.4 Å². The Bertz CT molecular complexity index is 1020. The summed E-state index contributed by atoms with van der Waals surface area (Å²) in [7, 11) is 0. The third-order valence-corrected chi connectivity index (χ3v) is 7.01. The molecule has 0 saturated heterocycles. The van der Waals surface area contributed by atoms with Crippen molar-refractivity contribution in [3.63, 3.8) is 0 Å². The van der Waals surface area contributed by atoms with Crippen LogP contribution in [0.3, 0.4) is 0 Å². The Morgan fingerprint density at radius 1 is 1.19 bits per heavy atom. The molecule has 1 aromatic carbocycles. The molecule has 32 heavy (non-hydrogen) atoms. The maximum Gasteiger partial charge on any atom is 0.172 e. The van der Waals surface area contributed by atoms with Crippen LogP contribution < -0.4 is 4.74 Å². The van der Waals surface area contributed by atoms with Crippen LogP contribution in [0.15, 0.2) is 35.9 Å². The number of phenolic OH excluding ortho intramolecular Hbond substituents is 1. The van der Waals surface area contributed by atoms with Crippen LogP contribution in [0.25, 0.3) is 5.76 Å². The molecule has 0 aromatic heterocycles. The molecule has 0 amide bonds. The highest BCUT2D eigenvalue weighted by Crippen LogP contribution is 2.49. The van der Waals surface area contributed by atoms with E-state index in [1.807, 2.05) is 26.0 Å². The summed E-state index contributed by atoms with van der Waals surface area (Å²) >= 11 is 0. The summed E-state index contributed by atoms with van der Waals surface area (Å²) in [5.74, 6) is -0.322.